The lowest BCUT2D eigenvalue weighted by Crippen LogP contribution is -2.15. The number of rotatable bonds is 6. The number of halogens is 1. The van der Waals surface area contributed by atoms with Crippen molar-refractivity contribution in [3.63, 3.8) is 0 Å². The summed E-state index contributed by atoms with van der Waals surface area (Å²) in [5.74, 6) is -0.208. The largest absolute Gasteiger partial charge is 0.356 e. The molecule has 1 aromatic carbocycles. The summed E-state index contributed by atoms with van der Waals surface area (Å²) < 4.78 is 15.1. The molecule has 8 heteroatoms. The number of hydrogen-bond donors (Lipinski definition) is 1. The smallest absolute Gasteiger partial charge is 0.275 e. The molecule has 0 atom stereocenters. The summed E-state index contributed by atoms with van der Waals surface area (Å²) in [5, 5.41) is 8.05. The third-order valence-electron chi connectivity index (χ3n) is 3.70. The van der Waals surface area contributed by atoms with E-state index in [0.717, 1.165) is 11.3 Å². The number of nitrogens with one attached hydrogen (secondary N) is 1. The Morgan fingerprint density at radius 3 is 2.84 bits per heavy atom. The Bertz CT molecular complexity index is 950. The molecule has 25 heavy (non-hydrogen) atoms. The second-order valence-corrected chi connectivity index (χ2v) is 7.01. The molecule has 2 heterocycles. The van der Waals surface area contributed by atoms with Crippen molar-refractivity contribution in [3.05, 3.63) is 57.3 Å². The molecule has 6 nitrogen and oxygen atoms in total. The van der Waals surface area contributed by atoms with Crippen molar-refractivity contribution in [2.24, 2.45) is 0 Å². The summed E-state index contributed by atoms with van der Waals surface area (Å²) in [6.07, 6.45) is 0.705. The van der Waals surface area contributed by atoms with E-state index in [-0.39, 0.29) is 11.4 Å². The fourth-order valence-corrected chi connectivity index (χ4v) is 3.31. The maximum Gasteiger partial charge on any atom is 0.275 e. The van der Waals surface area contributed by atoms with Crippen LogP contribution in [0.5, 0.6) is 0 Å². The fraction of sp³-hybridized carbons (Fsp3) is 0.353. The maximum atomic E-state index is 13.8. The summed E-state index contributed by atoms with van der Waals surface area (Å²) >= 11 is 1.33. The molecule has 0 saturated heterocycles. The first-order valence-electron chi connectivity index (χ1n) is 8.02. The van der Waals surface area contributed by atoms with Gasteiger partial charge in [0.2, 0.25) is 10.1 Å². The lowest BCUT2D eigenvalue weighted by Gasteiger charge is -2.12. The van der Waals surface area contributed by atoms with Gasteiger partial charge in [-0.1, -0.05) is 24.3 Å². The summed E-state index contributed by atoms with van der Waals surface area (Å²) in [7, 11) is 3.81. The van der Waals surface area contributed by atoms with Crippen molar-refractivity contribution in [2.45, 2.75) is 26.4 Å². The highest BCUT2D eigenvalue weighted by atomic mass is 32.1. The van der Waals surface area contributed by atoms with Crippen LogP contribution in [0, 0.1) is 5.82 Å². The minimum absolute atomic E-state index is 0.179. The van der Waals surface area contributed by atoms with Gasteiger partial charge in [-0.05, 0) is 38.2 Å². The topological polar surface area (TPSA) is 62.5 Å². The predicted octanol–water partition coefficient (Wildman–Crippen LogP) is 2.53. The number of anilines is 1. The SMILES string of the molecule is CCc1cc(=O)n2nc(NCc3ccc(F)c(CN(C)C)c3)sc2n1. The van der Waals surface area contributed by atoms with Crippen LogP contribution in [0.1, 0.15) is 23.7 Å². The molecule has 0 aliphatic heterocycles. The van der Waals surface area contributed by atoms with Gasteiger partial charge in [0, 0.05) is 30.4 Å². The van der Waals surface area contributed by atoms with Crippen molar-refractivity contribution >= 4 is 21.4 Å². The molecule has 0 amide bonds. The van der Waals surface area contributed by atoms with Gasteiger partial charge in [0.15, 0.2) is 0 Å². The van der Waals surface area contributed by atoms with E-state index in [0.29, 0.717) is 35.2 Å². The summed E-state index contributed by atoms with van der Waals surface area (Å²) in [4.78, 5) is 18.9. The number of hydrogen-bond acceptors (Lipinski definition) is 6. The van der Waals surface area contributed by atoms with Gasteiger partial charge in [0.05, 0.1) is 0 Å². The van der Waals surface area contributed by atoms with E-state index < -0.39 is 0 Å². The molecule has 0 fully saturated rings. The van der Waals surface area contributed by atoms with Gasteiger partial charge in [0.1, 0.15) is 5.82 Å². The minimum Gasteiger partial charge on any atom is -0.356 e. The zero-order valence-corrected chi connectivity index (χ0v) is 15.2. The molecule has 2 aromatic heterocycles. The Balaban J connectivity index is 1.78. The van der Waals surface area contributed by atoms with Crippen molar-refractivity contribution in [1.82, 2.24) is 19.5 Å². The standard InChI is InChI=1S/C17H20FN5OS/c1-4-13-8-15(24)23-17(20-13)25-16(21-23)19-9-11-5-6-14(18)12(7-11)10-22(2)3/h5-8H,4,9-10H2,1-3H3,(H,19,21). The van der Waals surface area contributed by atoms with Gasteiger partial charge in [-0.3, -0.25) is 4.79 Å². The van der Waals surface area contributed by atoms with Gasteiger partial charge >= 0.3 is 0 Å². The van der Waals surface area contributed by atoms with Crippen LogP contribution in [0.15, 0.2) is 29.1 Å². The van der Waals surface area contributed by atoms with E-state index in [1.165, 1.54) is 28.0 Å². The van der Waals surface area contributed by atoms with E-state index in [2.05, 4.69) is 15.4 Å². The highest BCUT2D eigenvalue weighted by Gasteiger charge is 2.09. The van der Waals surface area contributed by atoms with Crippen molar-refractivity contribution in [1.29, 1.82) is 0 Å². The molecular formula is C17H20FN5OS. The second kappa shape index (κ2) is 7.28. The van der Waals surface area contributed by atoms with Crippen LogP contribution in [0.25, 0.3) is 4.96 Å². The van der Waals surface area contributed by atoms with E-state index in [4.69, 9.17) is 0 Å². The number of fused-ring (bicyclic) bond motifs is 1. The third kappa shape index (κ3) is 4.02. The lowest BCUT2D eigenvalue weighted by molar-refractivity contribution is 0.392. The third-order valence-corrected chi connectivity index (χ3v) is 4.57. The minimum atomic E-state index is -0.208. The molecule has 0 radical (unpaired) electrons. The normalized spacial score (nSPS) is 11.4. The molecule has 0 bridgehead atoms. The van der Waals surface area contributed by atoms with E-state index in [1.807, 2.05) is 32.0 Å². The van der Waals surface area contributed by atoms with Crippen LogP contribution in [0.3, 0.4) is 0 Å². The van der Waals surface area contributed by atoms with Crippen LogP contribution < -0.4 is 10.9 Å². The molecule has 3 rings (SSSR count). The Morgan fingerprint density at radius 1 is 1.32 bits per heavy atom. The average Bonchev–Trinajstić information content (AvgIpc) is 2.98. The monoisotopic (exact) mass is 361 g/mol. The van der Waals surface area contributed by atoms with Crippen molar-refractivity contribution in [2.75, 3.05) is 19.4 Å². The molecule has 132 valence electrons. The van der Waals surface area contributed by atoms with Crippen LogP contribution in [-0.2, 0) is 19.5 Å². The van der Waals surface area contributed by atoms with Crippen LogP contribution in [0.2, 0.25) is 0 Å². The highest BCUT2D eigenvalue weighted by molar-refractivity contribution is 7.20. The number of benzene rings is 1. The quantitative estimate of drug-likeness (QED) is 0.731. The van der Waals surface area contributed by atoms with E-state index in [9.17, 15) is 9.18 Å². The Labute approximate surface area is 148 Å². The van der Waals surface area contributed by atoms with Crippen LogP contribution in [0.4, 0.5) is 9.52 Å². The molecule has 0 aliphatic rings. The molecule has 3 aromatic rings. The first-order valence-corrected chi connectivity index (χ1v) is 8.83. The maximum absolute atomic E-state index is 13.8. The Morgan fingerprint density at radius 2 is 2.12 bits per heavy atom. The summed E-state index contributed by atoms with van der Waals surface area (Å²) in [6, 6.07) is 6.57. The summed E-state index contributed by atoms with van der Waals surface area (Å²) in [5.41, 5.74) is 2.18. The van der Waals surface area contributed by atoms with E-state index >= 15 is 0 Å². The lowest BCUT2D eigenvalue weighted by atomic mass is 10.1. The van der Waals surface area contributed by atoms with Gasteiger partial charge < -0.3 is 10.2 Å². The first-order chi connectivity index (χ1) is 12.0. The molecule has 0 spiro atoms. The number of nitrogens with zero attached hydrogens (tertiary/aromatic N) is 4. The molecule has 1 N–H and O–H groups in total. The molecule has 0 unspecified atom stereocenters. The highest BCUT2D eigenvalue weighted by Crippen LogP contribution is 2.19. The zero-order chi connectivity index (χ0) is 18.0. The van der Waals surface area contributed by atoms with Crippen molar-refractivity contribution in [3.8, 4) is 0 Å². The Hall–Kier alpha value is -2.32. The summed E-state index contributed by atoms with van der Waals surface area (Å²) in [6.45, 7) is 2.99. The van der Waals surface area contributed by atoms with Crippen molar-refractivity contribution < 1.29 is 4.39 Å². The fourth-order valence-electron chi connectivity index (χ4n) is 2.49. The van der Waals surface area contributed by atoms with Gasteiger partial charge in [-0.15, -0.1) is 5.10 Å². The average molecular weight is 361 g/mol. The van der Waals surface area contributed by atoms with Crippen LogP contribution >= 0.6 is 11.3 Å². The van der Waals surface area contributed by atoms with Gasteiger partial charge in [-0.2, -0.15) is 4.52 Å². The number of aromatic nitrogens is 3. The number of aryl methyl sites for hydroxylation is 1. The first kappa shape index (κ1) is 17.5. The molecule has 0 aliphatic carbocycles. The van der Waals surface area contributed by atoms with Crippen LogP contribution in [-0.4, -0.2) is 33.6 Å². The predicted molar refractivity (Wildman–Crippen MR) is 97.6 cm³/mol. The Kier molecular flexibility index (Phi) is 5.10. The zero-order valence-electron chi connectivity index (χ0n) is 14.4. The molecule has 0 saturated carbocycles. The van der Waals surface area contributed by atoms with E-state index in [1.54, 1.807) is 6.07 Å². The molecular weight excluding hydrogens is 341 g/mol. The second-order valence-electron chi connectivity index (χ2n) is 6.06. The van der Waals surface area contributed by atoms with Gasteiger partial charge in [-0.25, -0.2) is 9.37 Å². The van der Waals surface area contributed by atoms with Gasteiger partial charge in [0.25, 0.3) is 5.56 Å².